The van der Waals surface area contributed by atoms with E-state index < -0.39 is 0 Å². The Labute approximate surface area is 72.0 Å². The maximum absolute atomic E-state index is 10.8. The van der Waals surface area contributed by atoms with E-state index in [9.17, 15) is 4.79 Å². The number of aryl methyl sites for hydroxylation is 1. The van der Waals surface area contributed by atoms with Crippen molar-refractivity contribution in [2.75, 3.05) is 0 Å². The van der Waals surface area contributed by atoms with Gasteiger partial charge in [0, 0.05) is 12.4 Å². The van der Waals surface area contributed by atoms with Gasteiger partial charge in [0.05, 0.1) is 6.04 Å². The highest BCUT2D eigenvalue weighted by Crippen LogP contribution is 2.08. The molecule has 3 nitrogen and oxygen atoms in total. The first-order valence-corrected chi connectivity index (χ1v) is 3.99. The number of nitrogens with two attached hydrogens (primary N) is 1. The Balaban J connectivity index is 2.64. The number of H-pyrrole nitrogens is 1. The number of hydrogen-bond donors (Lipinski definition) is 2. The molecule has 1 aromatic rings. The molecule has 0 saturated heterocycles. The lowest BCUT2D eigenvalue weighted by Crippen LogP contribution is -2.30. The summed E-state index contributed by atoms with van der Waals surface area (Å²) in [6, 6.07) is -0.362. The van der Waals surface area contributed by atoms with E-state index >= 15 is 0 Å². The van der Waals surface area contributed by atoms with Crippen LogP contribution in [0.5, 0.6) is 0 Å². The molecule has 1 heterocycles. The molecule has 0 radical (unpaired) electrons. The van der Waals surface area contributed by atoms with Crippen molar-refractivity contribution in [3.8, 4) is 0 Å². The fraction of sp³-hybridized carbons (Fsp3) is 0.444. The number of aromatic amines is 1. The lowest BCUT2D eigenvalue weighted by molar-refractivity contribution is -0.118. The van der Waals surface area contributed by atoms with E-state index in [1.54, 1.807) is 0 Å². The molecule has 0 aromatic carbocycles. The van der Waals surface area contributed by atoms with E-state index in [1.165, 1.54) is 6.92 Å². The van der Waals surface area contributed by atoms with Crippen LogP contribution in [0.4, 0.5) is 0 Å². The number of Topliss-reactive ketones (excluding diaryl/α,β-unsaturated/α-hetero) is 1. The van der Waals surface area contributed by atoms with Crippen molar-refractivity contribution in [1.29, 1.82) is 0 Å². The first-order chi connectivity index (χ1) is 5.61. The van der Waals surface area contributed by atoms with Crippen LogP contribution in [0, 0.1) is 6.92 Å². The van der Waals surface area contributed by atoms with Gasteiger partial charge in [-0.3, -0.25) is 4.79 Å². The van der Waals surface area contributed by atoms with Crippen LogP contribution in [0.3, 0.4) is 0 Å². The molecule has 0 aliphatic rings. The molecule has 12 heavy (non-hydrogen) atoms. The monoisotopic (exact) mass is 166 g/mol. The van der Waals surface area contributed by atoms with Crippen LogP contribution in [0.15, 0.2) is 12.4 Å². The highest BCUT2D eigenvalue weighted by atomic mass is 16.1. The van der Waals surface area contributed by atoms with Crippen molar-refractivity contribution >= 4 is 5.78 Å². The third-order valence-electron chi connectivity index (χ3n) is 2.03. The second kappa shape index (κ2) is 3.54. The van der Waals surface area contributed by atoms with Gasteiger partial charge in [-0.25, -0.2) is 0 Å². The Kier molecular flexibility index (Phi) is 2.65. The van der Waals surface area contributed by atoms with Gasteiger partial charge in [-0.05, 0) is 31.4 Å². The second-order valence-corrected chi connectivity index (χ2v) is 3.08. The Morgan fingerprint density at radius 3 is 2.75 bits per heavy atom. The van der Waals surface area contributed by atoms with Crippen molar-refractivity contribution in [3.63, 3.8) is 0 Å². The van der Waals surface area contributed by atoms with Crippen LogP contribution in [0.2, 0.25) is 0 Å². The van der Waals surface area contributed by atoms with Gasteiger partial charge < -0.3 is 10.7 Å². The average Bonchev–Trinajstić information content (AvgIpc) is 2.36. The van der Waals surface area contributed by atoms with E-state index in [0.717, 1.165) is 11.1 Å². The molecule has 0 fully saturated rings. The lowest BCUT2D eigenvalue weighted by atomic mass is 10.0. The van der Waals surface area contributed by atoms with Gasteiger partial charge >= 0.3 is 0 Å². The first-order valence-electron chi connectivity index (χ1n) is 3.99. The molecule has 0 spiro atoms. The SMILES string of the molecule is CC(=O)C(N)Cc1c[nH]cc1C. The molecule has 1 unspecified atom stereocenters. The first kappa shape index (κ1) is 9.00. The minimum absolute atomic E-state index is 0.0376. The van der Waals surface area contributed by atoms with Crippen molar-refractivity contribution in [1.82, 2.24) is 4.98 Å². The minimum atomic E-state index is -0.362. The Hall–Kier alpha value is -1.09. The van der Waals surface area contributed by atoms with Crippen molar-refractivity contribution in [2.45, 2.75) is 26.3 Å². The Bertz CT molecular complexity index is 278. The standard InChI is InChI=1S/C9H14N2O/c1-6-4-11-5-8(6)3-9(10)7(2)12/h4-5,9,11H,3,10H2,1-2H3. The summed E-state index contributed by atoms with van der Waals surface area (Å²) in [7, 11) is 0. The lowest BCUT2D eigenvalue weighted by Gasteiger charge is -2.06. The average molecular weight is 166 g/mol. The number of rotatable bonds is 3. The molecular formula is C9H14N2O. The smallest absolute Gasteiger partial charge is 0.146 e. The highest BCUT2D eigenvalue weighted by molar-refractivity contribution is 5.81. The van der Waals surface area contributed by atoms with E-state index in [2.05, 4.69) is 4.98 Å². The number of ketones is 1. The minimum Gasteiger partial charge on any atom is -0.367 e. The molecule has 3 N–H and O–H groups in total. The fourth-order valence-corrected chi connectivity index (χ4v) is 1.07. The van der Waals surface area contributed by atoms with E-state index in [4.69, 9.17) is 5.73 Å². The quantitative estimate of drug-likeness (QED) is 0.697. The number of carbonyl (C=O) groups is 1. The van der Waals surface area contributed by atoms with E-state index in [1.807, 2.05) is 19.3 Å². The van der Waals surface area contributed by atoms with Gasteiger partial charge in [0.2, 0.25) is 0 Å². The fourth-order valence-electron chi connectivity index (χ4n) is 1.07. The van der Waals surface area contributed by atoms with Gasteiger partial charge in [0.25, 0.3) is 0 Å². The molecule has 0 bridgehead atoms. The van der Waals surface area contributed by atoms with Crippen LogP contribution in [0.1, 0.15) is 18.1 Å². The van der Waals surface area contributed by atoms with Crippen LogP contribution in [0.25, 0.3) is 0 Å². The predicted molar refractivity (Wildman–Crippen MR) is 47.9 cm³/mol. The van der Waals surface area contributed by atoms with Gasteiger partial charge in [0.1, 0.15) is 5.78 Å². The Morgan fingerprint density at radius 2 is 2.33 bits per heavy atom. The zero-order valence-electron chi connectivity index (χ0n) is 7.42. The summed E-state index contributed by atoms with van der Waals surface area (Å²) in [6.07, 6.45) is 4.42. The molecule has 1 atom stereocenters. The molecule has 0 amide bonds. The van der Waals surface area contributed by atoms with Crippen molar-refractivity contribution in [3.05, 3.63) is 23.5 Å². The molecule has 1 aromatic heterocycles. The summed E-state index contributed by atoms with van der Waals surface area (Å²) in [5.74, 6) is 0.0376. The van der Waals surface area contributed by atoms with Crippen LogP contribution in [-0.4, -0.2) is 16.8 Å². The zero-order valence-corrected chi connectivity index (χ0v) is 7.42. The summed E-state index contributed by atoms with van der Waals surface area (Å²) in [5.41, 5.74) is 7.90. The third kappa shape index (κ3) is 1.95. The van der Waals surface area contributed by atoms with Crippen LogP contribution >= 0.6 is 0 Å². The van der Waals surface area contributed by atoms with Crippen LogP contribution in [-0.2, 0) is 11.2 Å². The van der Waals surface area contributed by atoms with Crippen LogP contribution < -0.4 is 5.73 Å². The van der Waals surface area contributed by atoms with E-state index in [0.29, 0.717) is 6.42 Å². The highest BCUT2D eigenvalue weighted by Gasteiger charge is 2.10. The zero-order chi connectivity index (χ0) is 9.14. The molecular weight excluding hydrogens is 152 g/mol. The second-order valence-electron chi connectivity index (χ2n) is 3.08. The van der Waals surface area contributed by atoms with Crippen molar-refractivity contribution in [2.24, 2.45) is 5.73 Å². The van der Waals surface area contributed by atoms with E-state index in [-0.39, 0.29) is 11.8 Å². The largest absolute Gasteiger partial charge is 0.367 e. The summed E-state index contributed by atoms with van der Waals surface area (Å²) in [5, 5.41) is 0. The Morgan fingerprint density at radius 1 is 1.67 bits per heavy atom. The van der Waals surface area contributed by atoms with Crippen molar-refractivity contribution < 1.29 is 4.79 Å². The van der Waals surface area contributed by atoms with Gasteiger partial charge in [-0.1, -0.05) is 0 Å². The summed E-state index contributed by atoms with van der Waals surface area (Å²) >= 11 is 0. The maximum Gasteiger partial charge on any atom is 0.146 e. The molecule has 3 heteroatoms. The number of hydrogen-bond acceptors (Lipinski definition) is 2. The number of aromatic nitrogens is 1. The van der Waals surface area contributed by atoms with Gasteiger partial charge in [-0.15, -0.1) is 0 Å². The third-order valence-corrected chi connectivity index (χ3v) is 2.03. The summed E-state index contributed by atoms with van der Waals surface area (Å²) in [6.45, 7) is 3.52. The van der Waals surface area contributed by atoms with Gasteiger partial charge in [0.15, 0.2) is 0 Å². The maximum atomic E-state index is 10.8. The molecule has 0 aliphatic heterocycles. The molecule has 0 aliphatic carbocycles. The topological polar surface area (TPSA) is 58.9 Å². The molecule has 0 saturated carbocycles. The number of carbonyl (C=O) groups excluding carboxylic acids is 1. The molecule has 1 rings (SSSR count). The number of nitrogens with one attached hydrogen (secondary N) is 1. The summed E-state index contributed by atoms with van der Waals surface area (Å²) in [4.78, 5) is 13.8. The predicted octanol–water partition coefficient (Wildman–Crippen LogP) is 0.782. The normalized spacial score (nSPS) is 12.9. The summed E-state index contributed by atoms with van der Waals surface area (Å²) < 4.78 is 0. The molecule has 66 valence electrons. The van der Waals surface area contributed by atoms with Gasteiger partial charge in [-0.2, -0.15) is 0 Å².